The van der Waals surface area contributed by atoms with Crippen molar-refractivity contribution in [2.24, 2.45) is 5.92 Å². The molecule has 0 radical (unpaired) electrons. The normalized spacial score (nSPS) is 18.8. The van der Waals surface area contributed by atoms with Gasteiger partial charge in [0.2, 0.25) is 0 Å². The highest BCUT2D eigenvalue weighted by Gasteiger charge is 2.38. The van der Waals surface area contributed by atoms with Crippen molar-refractivity contribution in [2.45, 2.75) is 45.7 Å². The number of hydrazine groups is 1. The lowest BCUT2D eigenvalue weighted by Crippen LogP contribution is -2.44. The summed E-state index contributed by atoms with van der Waals surface area (Å²) in [7, 11) is 0. The molecule has 0 spiro atoms. The van der Waals surface area contributed by atoms with E-state index in [-0.39, 0.29) is 29.2 Å². The molecule has 5 nitrogen and oxygen atoms in total. The fourth-order valence-electron chi connectivity index (χ4n) is 4.35. The van der Waals surface area contributed by atoms with Gasteiger partial charge in [-0.3, -0.25) is 9.59 Å². The van der Waals surface area contributed by atoms with Crippen molar-refractivity contribution in [2.75, 3.05) is 6.54 Å². The van der Waals surface area contributed by atoms with Crippen LogP contribution in [-0.2, 0) is 16.1 Å². The quantitative estimate of drug-likeness (QED) is 0.677. The first-order valence-corrected chi connectivity index (χ1v) is 11.0. The Hall–Kier alpha value is -3.06. The summed E-state index contributed by atoms with van der Waals surface area (Å²) in [6.07, 6.45) is 2.02. The zero-order valence-corrected chi connectivity index (χ0v) is 18.3. The molecular weight excluding hydrogens is 412 g/mol. The first kappa shape index (κ1) is 22.1. The number of fused-ring (bicyclic) bond motifs is 1. The van der Waals surface area contributed by atoms with Crippen LogP contribution >= 0.6 is 0 Å². The minimum atomic E-state index is -0.569. The standard InChI is InChI=1S/C25H27F2N3O2/c1-3-13-28-30-14-20-18(5-4-6-21(20)27)23(15(30)2)25(32)29-24(19-11-12-22(19)31)16-7-9-17(26)10-8-16/h4-10,19,24,28H,3,11-14H2,1-2H3,(H,29,32)/t19?,24-/m1/s1. The van der Waals surface area contributed by atoms with Crippen LogP contribution in [0.5, 0.6) is 0 Å². The van der Waals surface area contributed by atoms with E-state index < -0.39 is 6.04 Å². The highest BCUT2D eigenvalue weighted by molar-refractivity contribution is 6.21. The number of nitrogens with one attached hydrogen (secondary N) is 2. The van der Waals surface area contributed by atoms with E-state index in [1.54, 1.807) is 29.3 Å². The molecule has 1 fully saturated rings. The summed E-state index contributed by atoms with van der Waals surface area (Å²) in [5.41, 5.74) is 5.98. The molecule has 1 aliphatic heterocycles. The average molecular weight is 440 g/mol. The van der Waals surface area contributed by atoms with Crippen LogP contribution in [0.4, 0.5) is 8.78 Å². The Labute approximate surface area is 186 Å². The fraction of sp³-hybridized carbons (Fsp3) is 0.360. The largest absolute Gasteiger partial charge is 0.344 e. The molecule has 4 rings (SSSR count). The number of ketones is 1. The molecule has 7 heteroatoms. The van der Waals surface area contributed by atoms with Crippen molar-refractivity contribution in [1.82, 2.24) is 15.8 Å². The third-order valence-electron chi connectivity index (χ3n) is 6.28. The van der Waals surface area contributed by atoms with E-state index in [1.165, 1.54) is 18.2 Å². The SMILES string of the molecule is CCCNN1Cc2c(F)cccc2C(C(=O)N[C@H](c2ccc(F)cc2)C2CCC2=O)=C1C. The Morgan fingerprint density at radius 3 is 2.56 bits per heavy atom. The van der Waals surface area contributed by atoms with Crippen LogP contribution in [0.15, 0.2) is 48.2 Å². The van der Waals surface area contributed by atoms with E-state index in [9.17, 15) is 18.4 Å². The Balaban J connectivity index is 1.70. The molecule has 1 aliphatic carbocycles. The van der Waals surface area contributed by atoms with Crippen LogP contribution in [0.25, 0.3) is 5.57 Å². The number of carbonyl (C=O) groups is 2. The summed E-state index contributed by atoms with van der Waals surface area (Å²) in [4.78, 5) is 25.8. The molecule has 0 saturated heterocycles. The maximum atomic E-state index is 14.7. The van der Waals surface area contributed by atoms with Gasteiger partial charge in [0.25, 0.3) is 5.91 Å². The smallest absolute Gasteiger partial charge is 0.254 e. The number of halogens is 2. The third kappa shape index (κ3) is 4.17. The van der Waals surface area contributed by atoms with Crippen molar-refractivity contribution in [3.63, 3.8) is 0 Å². The average Bonchev–Trinajstić information content (AvgIpc) is 2.77. The Bertz CT molecular complexity index is 1070. The number of allylic oxidation sites excluding steroid dienone is 1. The number of hydrogen-bond donors (Lipinski definition) is 2. The number of carbonyl (C=O) groups excluding carboxylic acids is 2. The maximum Gasteiger partial charge on any atom is 0.254 e. The number of rotatable bonds is 7. The van der Waals surface area contributed by atoms with E-state index in [1.807, 2.05) is 13.8 Å². The van der Waals surface area contributed by atoms with Gasteiger partial charge in [0.15, 0.2) is 0 Å². The lowest BCUT2D eigenvalue weighted by molar-refractivity contribution is -0.131. The molecular formula is C25H27F2N3O2. The van der Waals surface area contributed by atoms with Gasteiger partial charge >= 0.3 is 0 Å². The maximum absolute atomic E-state index is 14.7. The third-order valence-corrected chi connectivity index (χ3v) is 6.28. The highest BCUT2D eigenvalue weighted by atomic mass is 19.1. The summed E-state index contributed by atoms with van der Waals surface area (Å²) >= 11 is 0. The minimum Gasteiger partial charge on any atom is -0.344 e. The second kappa shape index (κ2) is 9.20. The van der Waals surface area contributed by atoms with Crippen LogP contribution in [0.3, 0.4) is 0 Å². The van der Waals surface area contributed by atoms with E-state index >= 15 is 0 Å². The molecule has 168 valence electrons. The molecule has 0 bridgehead atoms. The van der Waals surface area contributed by atoms with E-state index in [0.29, 0.717) is 53.9 Å². The van der Waals surface area contributed by atoms with Crippen LogP contribution in [-0.4, -0.2) is 23.2 Å². The molecule has 32 heavy (non-hydrogen) atoms. The molecule has 2 aromatic rings. The minimum absolute atomic E-state index is 0.0756. The number of Topliss-reactive ketones (excluding diaryl/α,β-unsaturated/α-hetero) is 1. The van der Waals surface area contributed by atoms with Gasteiger partial charge in [-0.15, -0.1) is 0 Å². The Morgan fingerprint density at radius 2 is 1.94 bits per heavy atom. The number of amides is 1. The second-order valence-electron chi connectivity index (χ2n) is 8.33. The van der Waals surface area contributed by atoms with Crippen LogP contribution < -0.4 is 10.7 Å². The van der Waals surface area contributed by atoms with E-state index in [4.69, 9.17) is 0 Å². The number of benzene rings is 2. The molecule has 2 N–H and O–H groups in total. The second-order valence-corrected chi connectivity index (χ2v) is 8.33. The molecule has 1 saturated carbocycles. The van der Waals surface area contributed by atoms with Crippen molar-refractivity contribution >= 4 is 17.3 Å². The summed E-state index contributed by atoms with van der Waals surface area (Å²) < 4.78 is 28.1. The zero-order chi connectivity index (χ0) is 22.8. The summed E-state index contributed by atoms with van der Waals surface area (Å²) in [5.74, 6) is -1.41. The van der Waals surface area contributed by atoms with Gasteiger partial charge in [-0.05, 0) is 49.1 Å². The zero-order valence-electron chi connectivity index (χ0n) is 18.3. The Kier molecular flexibility index (Phi) is 6.37. The van der Waals surface area contributed by atoms with E-state index in [2.05, 4.69) is 10.7 Å². The van der Waals surface area contributed by atoms with Gasteiger partial charge < -0.3 is 10.3 Å². The van der Waals surface area contributed by atoms with Gasteiger partial charge in [-0.25, -0.2) is 14.2 Å². The fourth-order valence-corrected chi connectivity index (χ4v) is 4.35. The van der Waals surface area contributed by atoms with Crippen molar-refractivity contribution < 1.29 is 18.4 Å². The van der Waals surface area contributed by atoms with Gasteiger partial charge in [0, 0.05) is 30.1 Å². The molecule has 2 aliphatic rings. The van der Waals surface area contributed by atoms with Gasteiger partial charge in [-0.2, -0.15) is 0 Å². The predicted molar refractivity (Wildman–Crippen MR) is 118 cm³/mol. The summed E-state index contributed by atoms with van der Waals surface area (Å²) in [6.45, 7) is 4.85. The first-order valence-electron chi connectivity index (χ1n) is 11.0. The summed E-state index contributed by atoms with van der Waals surface area (Å²) in [6, 6.07) is 10.00. The molecule has 2 aromatic carbocycles. The van der Waals surface area contributed by atoms with Gasteiger partial charge in [0.1, 0.15) is 17.4 Å². The molecule has 1 amide bonds. The molecule has 1 heterocycles. The molecule has 0 aromatic heterocycles. The van der Waals surface area contributed by atoms with Crippen LogP contribution in [0, 0.1) is 17.6 Å². The Morgan fingerprint density at radius 1 is 1.19 bits per heavy atom. The lowest BCUT2D eigenvalue weighted by atomic mass is 9.75. The van der Waals surface area contributed by atoms with E-state index in [0.717, 1.165) is 6.42 Å². The molecule has 1 unspecified atom stereocenters. The highest BCUT2D eigenvalue weighted by Crippen LogP contribution is 2.37. The van der Waals surface area contributed by atoms with Gasteiger partial charge in [0.05, 0.1) is 18.2 Å². The number of hydrogen-bond acceptors (Lipinski definition) is 4. The van der Waals surface area contributed by atoms with Crippen molar-refractivity contribution in [3.05, 3.63) is 76.5 Å². The van der Waals surface area contributed by atoms with Crippen LogP contribution in [0.1, 0.15) is 55.8 Å². The van der Waals surface area contributed by atoms with Crippen molar-refractivity contribution in [3.8, 4) is 0 Å². The summed E-state index contributed by atoms with van der Waals surface area (Å²) in [5, 5.41) is 4.80. The topological polar surface area (TPSA) is 61.4 Å². The molecule has 2 atom stereocenters. The monoisotopic (exact) mass is 439 g/mol. The number of nitrogens with zero attached hydrogens (tertiary/aromatic N) is 1. The van der Waals surface area contributed by atoms with Crippen molar-refractivity contribution in [1.29, 1.82) is 0 Å². The van der Waals surface area contributed by atoms with Gasteiger partial charge in [-0.1, -0.05) is 31.2 Å². The lowest BCUT2D eigenvalue weighted by Gasteiger charge is -2.36. The predicted octanol–water partition coefficient (Wildman–Crippen LogP) is 4.26. The first-order chi connectivity index (χ1) is 15.4. The van der Waals surface area contributed by atoms with Crippen LogP contribution in [0.2, 0.25) is 0 Å².